The van der Waals surface area contributed by atoms with Crippen molar-refractivity contribution in [3.63, 3.8) is 0 Å². The summed E-state index contributed by atoms with van der Waals surface area (Å²) in [5, 5.41) is 13.4. The lowest BCUT2D eigenvalue weighted by Crippen LogP contribution is -2.42. The highest BCUT2D eigenvalue weighted by Gasteiger charge is 2.28. The predicted octanol–water partition coefficient (Wildman–Crippen LogP) is 4.82. The summed E-state index contributed by atoms with van der Waals surface area (Å²) in [5.74, 6) is 0.398. The number of phenolic OH excluding ortho intramolecular Hbond substituents is 1. The molecule has 0 amide bonds. The fourth-order valence-corrected chi connectivity index (χ4v) is 3.52. The van der Waals surface area contributed by atoms with Crippen molar-refractivity contribution in [2.45, 2.75) is 77.5 Å². The molecule has 2 rings (SSSR count). The van der Waals surface area contributed by atoms with E-state index in [2.05, 4.69) is 5.32 Å². The van der Waals surface area contributed by atoms with Gasteiger partial charge in [0.1, 0.15) is 17.4 Å². The van der Waals surface area contributed by atoms with E-state index in [9.17, 15) is 9.90 Å². The fraction of sp³-hybridized carbons (Fsp3) is 0.650. The van der Waals surface area contributed by atoms with Crippen molar-refractivity contribution in [1.82, 2.24) is 5.32 Å². The van der Waals surface area contributed by atoms with Crippen LogP contribution in [0, 0.1) is 5.92 Å². The van der Waals surface area contributed by atoms with Gasteiger partial charge in [-0.1, -0.05) is 55.8 Å². The highest BCUT2D eigenvalue weighted by molar-refractivity contribution is 6.32. The molecule has 0 heterocycles. The van der Waals surface area contributed by atoms with Crippen LogP contribution in [0.5, 0.6) is 5.75 Å². The number of nitrogens with one attached hydrogen (secondary N) is 1. The number of ether oxygens (including phenoxy) is 1. The Morgan fingerprint density at radius 3 is 2.64 bits per heavy atom. The van der Waals surface area contributed by atoms with Crippen LogP contribution in [0.3, 0.4) is 0 Å². The number of aromatic hydroxyl groups is 1. The first-order valence-corrected chi connectivity index (χ1v) is 9.56. The highest BCUT2D eigenvalue weighted by atomic mass is 35.5. The Balaban J connectivity index is 2.04. The number of carbonyl (C=O) groups is 1. The standard InChI is InChI=1S/C20H30ClNO3/c1-20(2,3)25-19(24)16(12-14-8-5-4-6-9-14)22-13-15-10-7-11-17(23)18(15)21/h7,10-11,14,16,22-23H,4-6,8-9,12-13H2,1-3H3. The average Bonchev–Trinajstić information content (AvgIpc) is 2.54. The van der Waals surface area contributed by atoms with Crippen LogP contribution in [0.4, 0.5) is 0 Å². The Hall–Kier alpha value is -1.26. The van der Waals surface area contributed by atoms with Crippen molar-refractivity contribution in [2.75, 3.05) is 0 Å². The number of hydrogen-bond acceptors (Lipinski definition) is 4. The van der Waals surface area contributed by atoms with Crippen molar-refractivity contribution in [1.29, 1.82) is 0 Å². The number of rotatable bonds is 6. The number of esters is 1. The van der Waals surface area contributed by atoms with Gasteiger partial charge in [-0.2, -0.15) is 0 Å². The Kier molecular flexibility index (Phi) is 7.14. The van der Waals surface area contributed by atoms with Gasteiger partial charge < -0.3 is 15.2 Å². The number of benzene rings is 1. The molecule has 1 saturated carbocycles. The maximum absolute atomic E-state index is 12.6. The zero-order valence-electron chi connectivity index (χ0n) is 15.5. The Labute approximate surface area is 155 Å². The maximum Gasteiger partial charge on any atom is 0.323 e. The zero-order valence-corrected chi connectivity index (χ0v) is 16.2. The minimum Gasteiger partial charge on any atom is -0.506 e. The summed E-state index contributed by atoms with van der Waals surface area (Å²) >= 11 is 6.15. The highest BCUT2D eigenvalue weighted by Crippen LogP contribution is 2.29. The Morgan fingerprint density at radius 1 is 1.32 bits per heavy atom. The zero-order chi connectivity index (χ0) is 18.4. The summed E-state index contributed by atoms with van der Waals surface area (Å²) in [5.41, 5.74) is 0.269. The molecular formula is C20H30ClNO3. The second-order valence-corrected chi connectivity index (χ2v) is 8.33. The van der Waals surface area contributed by atoms with Gasteiger partial charge in [0.05, 0.1) is 5.02 Å². The SMILES string of the molecule is CC(C)(C)OC(=O)C(CC1CCCCC1)NCc1cccc(O)c1Cl. The predicted molar refractivity (Wildman–Crippen MR) is 101 cm³/mol. The van der Waals surface area contributed by atoms with Crippen LogP contribution < -0.4 is 5.32 Å². The molecule has 25 heavy (non-hydrogen) atoms. The number of hydrogen-bond donors (Lipinski definition) is 2. The number of halogens is 1. The molecular weight excluding hydrogens is 338 g/mol. The minimum absolute atomic E-state index is 0.0575. The molecule has 0 aromatic heterocycles. The van der Waals surface area contributed by atoms with Gasteiger partial charge in [-0.3, -0.25) is 4.79 Å². The smallest absolute Gasteiger partial charge is 0.323 e. The van der Waals surface area contributed by atoms with E-state index in [-0.39, 0.29) is 17.8 Å². The van der Waals surface area contributed by atoms with Crippen LogP contribution in [0.2, 0.25) is 5.02 Å². The molecule has 1 aromatic carbocycles. The van der Waals surface area contributed by atoms with Gasteiger partial charge in [0.15, 0.2) is 0 Å². The van der Waals surface area contributed by atoms with Crippen molar-refractivity contribution in [3.05, 3.63) is 28.8 Å². The van der Waals surface area contributed by atoms with Gasteiger partial charge in [-0.15, -0.1) is 0 Å². The molecule has 0 aliphatic heterocycles. The van der Waals surface area contributed by atoms with E-state index in [1.54, 1.807) is 12.1 Å². The third-order valence-corrected chi connectivity index (χ3v) is 5.02. The molecule has 5 heteroatoms. The Morgan fingerprint density at radius 2 is 2.00 bits per heavy atom. The van der Waals surface area contributed by atoms with E-state index in [1.165, 1.54) is 32.1 Å². The molecule has 1 atom stereocenters. The molecule has 1 aliphatic carbocycles. The number of carbonyl (C=O) groups excluding carboxylic acids is 1. The minimum atomic E-state index is -0.508. The van der Waals surface area contributed by atoms with Crippen molar-refractivity contribution < 1.29 is 14.6 Å². The summed E-state index contributed by atoms with van der Waals surface area (Å²) in [6, 6.07) is 4.80. The van der Waals surface area contributed by atoms with Crippen LogP contribution in [-0.2, 0) is 16.1 Å². The van der Waals surface area contributed by atoms with Crippen molar-refractivity contribution in [2.24, 2.45) is 5.92 Å². The first kappa shape index (κ1) is 20.1. The first-order valence-electron chi connectivity index (χ1n) is 9.19. The quantitative estimate of drug-likeness (QED) is 0.708. The lowest BCUT2D eigenvalue weighted by atomic mass is 9.84. The molecule has 140 valence electrons. The first-order chi connectivity index (χ1) is 11.8. The van der Waals surface area contributed by atoms with E-state index in [0.29, 0.717) is 17.5 Å². The number of phenols is 1. The topological polar surface area (TPSA) is 58.6 Å². The van der Waals surface area contributed by atoms with E-state index < -0.39 is 5.60 Å². The molecule has 4 nitrogen and oxygen atoms in total. The third kappa shape index (κ3) is 6.52. The fourth-order valence-electron chi connectivity index (χ4n) is 3.33. The van der Waals surface area contributed by atoms with Gasteiger partial charge in [0.2, 0.25) is 0 Å². The summed E-state index contributed by atoms with van der Waals surface area (Å²) in [6.45, 7) is 6.07. The van der Waals surface area contributed by atoms with Crippen LogP contribution in [0.1, 0.15) is 64.9 Å². The van der Waals surface area contributed by atoms with Crippen molar-refractivity contribution in [3.8, 4) is 5.75 Å². The normalized spacial score (nSPS) is 17.3. The van der Waals surface area contributed by atoms with Gasteiger partial charge in [-0.25, -0.2) is 0 Å². The lowest BCUT2D eigenvalue weighted by molar-refractivity contribution is -0.158. The molecule has 0 saturated heterocycles. The van der Waals surface area contributed by atoms with Crippen molar-refractivity contribution >= 4 is 17.6 Å². The van der Waals surface area contributed by atoms with Gasteiger partial charge in [0, 0.05) is 6.54 Å². The van der Waals surface area contributed by atoms with Gasteiger partial charge in [-0.05, 0) is 44.7 Å². The molecule has 0 radical (unpaired) electrons. The molecule has 1 aromatic rings. The van der Waals surface area contributed by atoms with E-state index in [4.69, 9.17) is 16.3 Å². The summed E-state index contributed by atoms with van der Waals surface area (Å²) < 4.78 is 5.60. The van der Waals surface area contributed by atoms with Crippen LogP contribution >= 0.6 is 11.6 Å². The Bertz CT molecular complexity index is 577. The molecule has 0 spiro atoms. The lowest BCUT2D eigenvalue weighted by Gasteiger charge is -2.29. The van der Waals surface area contributed by atoms with E-state index in [0.717, 1.165) is 12.0 Å². The molecule has 1 fully saturated rings. The third-order valence-electron chi connectivity index (χ3n) is 4.58. The second kappa shape index (κ2) is 8.91. The van der Waals surface area contributed by atoms with Crippen LogP contribution in [0.25, 0.3) is 0 Å². The average molecular weight is 368 g/mol. The van der Waals surface area contributed by atoms with E-state index >= 15 is 0 Å². The largest absolute Gasteiger partial charge is 0.506 e. The molecule has 1 aliphatic rings. The summed E-state index contributed by atoms with van der Waals surface area (Å²) in [6.07, 6.45) is 6.90. The van der Waals surface area contributed by atoms with Gasteiger partial charge >= 0.3 is 5.97 Å². The van der Waals surface area contributed by atoms with Crippen LogP contribution in [0.15, 0.2) is 18.2 Å². The van der Waals surface area contributed by atoms with E-state index in [1.807, 2.05) is 26.8 Å². The second-order valence-electron chi connectivity index (χ2n) is 7.96. The molecule has 0 bridgehead atoms. The molecule has 1 unspecified atom stereocenters. The monoisotopic (exact) mass is 367 g/mol. The maximum atomic E-state index is 12.6. The van der Waals surface area contributed by atoms with Crippen LogP contribution in [-0.4, -0.2) is 22.7 Å². The molecule has 2 N–H and O–H groups in total. The summed E-state index contributed by atoms with van der Waals surface area (Å²) in [4.78, 5) is 12.6. The van der Waals surface area contributed by atoms with Gasteiger partial charge in [0.25, 0.3) is 0 Å². The summed E-state index contributed by atoms with van der Waals surface area (Å²) in [7, 11) is 0.